The van der Waals surface area contributed by atoms with E-state index in [1.807, 2.05) is 4.90 Å². The number of carboxylic acids is 1. The average molecular weight is 537 g/mol. The van der Waals surface area contributed by atoms with Gasteiger partial charge in [-0.25, -0.2) is 17.6 Å². The summed E-state index contributed by atoms with van der Waals surface area (Å²) in [6, 6.07) is 6.78. The Balaban J connectivity index is 1.33. The molecule has 198 valence electrons. The number of aliphatic carboxylic acids is 1. The molecule has 0 amide bonds. The van der Waals surface area contributed by atoms with Crippen molar-refractivity contribution in [3.8, 4) is 5.75 Å². The molecule has 2 atom stereocenters. The molecule has 1 saturated heterocycles. The maximum absolute atomic E-state index is 14.6. The lowest BCUT2D eigenvalue weighted by molar-refractivity contribution is -0.146. The van der Waals surface area contributed by atoms with E-state index < -0.39 is 35.2 Å². The van der Waals surface area contributed by atoms with Gasteiger partial charge < -0.3 is 14.7 Å². The summed E-state index contributed by atoms with van der Waals surface area (Å²) in [5, 5.41) is 10.5. The number of fused-ring (bicyclic) bond motifs is 1. The van der Waals surface area contributed by atoms with E-state index in [0.717, 1.165) is 17.8 Å². The van der Waals surface area contributed by atoms with Gasteiger partial charge in [0.1, 0.15) is 17.4 Å². The van der Waals surface area contributed by atoms with Gasteiger partial charge in [0, 0.05) is 35.2 Å². The number of thioether (sulfide) groups is 1. The Hall–Kier alpha value is -2.85. The highest BCUT2D eigenvalue weighted by Crippen LogP contribution is 2.32. The van der Waals surface area contributed by atoms with E-state index in [-0.39, 0.29) is 10.8 Å². The zero-order chi connectivity index (χ0) is 26.5. The van der Waals surface area contributed by atoms with Crippen LogP contribution >= 0.6 is 11.8 Å². The Morgan fingerprint density at radius 2 is 2.00 bits per heavy atom. The third-order valence-corrected chi connectivity index (χ3v) is 7.91. The van der Waals surface area contributed by atoms with E-state index >= 15 is 0 Å². The Morgan fingerprint density at radius 1 is 1.19 bits per heavy atom. The predicted molar refractivity (Wildman–Crippen MR) is 134 cm³/mol. The molecule has 0 aliphatic carbocycles. The summed E-state index contributed by atoms with van der Waals surface area (Å²) in [5.41, 5.74) is 1.22. The van der Waals surface area contributed by atoms with Gasteiger partial charge in [0.25, 0.3) is 0 Å². The highest BCUT2D eigenvalue weighted by atomic mass is 32.2. The second-order valence-electron chi connectivity index (χ2n) is 9.20. The van der Waals surface area contributed by atoms with Crippen LogP contribution in [0.5, 0.6) is 5.75 Å². The van der Waals surface area contributed by atoms with Crippen molar-refractivity contribution in [3.05, 3.63) is 65.4 Å². The van der Waals surface area contributed by atoms with Crippen molar-refractivity contribution in [2.75, 3.05) is 32.5 Å². The third-order valence-electron chi connectivity index (χ3n) is 6.92. The van der Waals surface area contributed by atoms with Gasteiger partial charge in [0.05, 0.1) is 24.7 Å². The minimum atomic E-state index is -1.23. The number of likely N-dealkylation sites (tertiary alicyclic amines) is 1. The maximum Gasteiger partial charge on any atom is 0.308 e. The van der Waals surface area contributed by atoms with Gasteiger partial charge in [-0.05, 0) is 68.0 Å². The van der Waals surface area contributed by atoms with Crippen LogP contribution in [0.1, 0.15) is 24.8 Å². The number of carboxylic acid groups (broad SMARTS) is 1. The molecular formula is C27H28F4N2O3S. The van der Waals surface area contributed by atoms with Gasteiger partial charge >= 0.3 is 5.97 Å². The van der Waals surface area contributed by atoms with Gasteiger partial charge in [-0.1, -0.05) is 0 Å². The van der Waals surface area contributed by atoms with Crippen LogP contribution in [0.15, 0.2) is 41.4 Å². The van der Waals surface area contributed by atoms with Crippen LogP contribution in [0.4, 0.5) is 17.6 Å². The minimum absolute atomic E-state index is 0.0538. The molecule has 0 saturated carbocycles. The SMILES string of the molecule is COc1ccc2ncc(F)c(CCCC3CCN(CCSc4cc(F)cc(F)c4F)CC3C(=O)O)c2c1. The largest absolute Gasteiger partial charge is 0.497 e. The Kier molecular flexibility index (Phi) is 8.91. The molecule has 4 rings (SSSR count). The van der Waals surface area contributed by atoms with Crippen LogP contribution in [0.3, 0.4) is 0 Å². The molecule has 1 N–H and O–H groups in total. The number of pyridine rings is 1. The van der Waals surface area contributed by atoms with Crippen molar-refractivity contribution in [2.45, 2.75) is 30.6 Å². The maximum atomic E-state index is 14.6. The number of halogens is 4. The fourth-order valence-corrected chi connectivity index (χ4v) is 5.93. The second kappa shape index (κ2) is 12.1. The summed E-state index contributed by atoms with van der Waals surface area (Å²) in [7, 11) is 1.55. The molecule has 2 heterocycles. The van der Waals surface area contributed by atoms with E-state index in [4.69, 9.17) is 4.74 Å². The van der Waals surface area contributed by atoms with Crippen LogP contribution < -0.4 is 4.74 Å². The topological polar surface area (TPSA) is 62.7 Å². The van der Waals surface area contributed by atoms with E-state index in [1.165, 1.54) is 6.20 Å². The van der Waals surface area contributed by atoms with Gasteiger partial charge in [-0.15, -0.1) is 11.8 Å². The Labute approximate surface area is 216 Å². The van der Waals surface area contributed by atoms with Crippen molar-refractivity contribution in [1.29, 1.82) is 0 Å². The summed E-state index contributed by atoms with van der Waals surface area (Å²) in [4.78, 5) is 18.0. The molecule has 1 aliphatic heterocycles. The number of nitrogens with zero attached hydrogens (tertiary/aromatic N) is 2. The first-order chi connectivity index (χ1) is 17.8. The number of piperidine rings is 1. The van der Waals surface area contributed by atoms with Gasteiger partial charge in [0.2, 0.25) is 0 Å². The van der Waals surface area contributed by atoms with Crippen molar-refractivity contribution >= 4 is 28.6 Å². The van der Waals surface area contributed by atoms with Crippen molar-refractivity contribution in [2.24, 2.45) is 11.8 Å². The summed E-state index contributed by atoms with van der Waals surface area (Å²) < 4.78 is 60.6. The van der Waals surface area contributed by atoms with E-state index in [1.54, 1.807) is 25.3 Å². The van der Waals surface area contributed by atoms with Crippen molar-refractivity contribution in [1.82, 2.24) is 9.88 Å². The van der Waals surface area contributed by atoms with Crippen LogP contribution in [-0.4, -0.2) is 53.5 Å². The lowest BCUT2D eigenvalue weighted by Crippen LogP contribution is -2.44. The quantitative estimate of drug-likeness (QED) is 0.197. The summed E-state index contributed by atoms with van der Waals surface area (Å²) in [6.07, 6.45) is 3.60. The number of aryl methyl sites for hydroxylation is 1. The van der Waals surface area contributed by atoms with E-state index in [0.29, 0.717) is 79.4 Å². The molecule has 1 aliphatic rings. The van der Waals surface area contributed by atoms with Crippen LogP contribution in [0.2, 0.25) is 0 Å². The zero-order valence-corrected chi connectivity index (χ0v) is 21.2. The zero-order valence-electron chi connectivity index (χ0n) is 20.4. The first-order valence-electron chi connectivity index (χ1n) is 12.1. The highest BCUT2D eigenvalue weighted by molar-refractivity contribution is 7.99. The van der Waals surface area contributed by atoms with Gasteiger partial charge in [0.15, 0.2) is 11.6 Å². The van der Waals surface area contributed by atoms with Gasteiger partial charge in [-0.3, -0.25) is 9.78 Å². The first-order valence-corrected chi connectivity index (χ1v) is 13.1. The van der Waals surface area contributed by atoms with E-state index in [2.05, 4.69) is 4.98 Å². The molecule has 37 heavy (non-hydrogen) atoms. The number of carbonyl (C=O) groups is 1. The summed E-state index contributed by atoms with van der Waals surface area (Å²) >= 11 is 1.00. The smallest absolute Gasteiger partial charge is 0.308 e. The fourth-order valence-electron chi connectivity index (χ4n) is 4.94. The lowest BCUT2D eigenvalue weighted by atomic mass is 9.81. The summed E-state index contributed by atoms with van der Waals surface area (Å²) in [5.74, 6) is -4.08. The number of ether oxygens (including phenoxy) is 1. The van der Waals surface area contributed by atoms with Crippen molar-refractivity contribution in [3.63, 3.8) is 0 Å². The molecule has 10 heteroatoms. The van der Waals surface area contributed by atoms with Gasteiger partial charge in [-0.2, -0.15) is 0 Å². The first kappa shape index (κ1) is 27.2. The lowest BCUT2D eigenvalue weighted by Gasteiger charge is -2.36. The molecule has 0 spiro atoms. The second-order valence-corrected chi connectivity index (χ2v) is 10.3. The van der Waals surface area contributed by atoms with Crippen LogP contribution in [0, 0.1) is 35.1 Å². The molecule has 1 aromatic heterocycles. The average Bonchev–Trinajstić information content (AvgIpc) is 2.88. The molecule has 0 bridgehead atoms. The normalized spacial score (nSPS) is 18.3. The Morgan fingerprint density at radius 3 is 2.76 bits per heavy atom. The number of hydrogen-bond acceptors (Lipinski definition) is 5. The number of rotatable bonds is 10. The third kappa shape index (κ3) is 6.54. The highest BCUT2D eigenvalue weighted by Gasteiger charge is 2.33. The van der Waals surface area contributed by atoms with Crippen LogP contribution in [0.25, 0.3) is 10.9 Å². The molecule has 0 radical (unpaired) electrons. The summed E-state index contributed by atoms with van der Waals surface area (Å²) in [6.45, 7) is 1.47. The molecule has 2 aromatic carbocycles. The van der Waals surface area contributed by atoms with Crippen LogP contribution in [-0.2, 0) is 11.2 Å². The number of benzene rings is 2. The minimum Gasteiger partial charge on any atom is -0.497 e. The van der Waals surface area contributed by atoms with E-state index in [9.17, 15) is 27.5 Å². The fraction of sp³-hybridized carbons (Fsp3) is 0.407. The number of aromatic nitrogens is 1. The predicted octanol–water partition coefficient (Wildman–Crippen LogP) is 5.94. The molecular weight excluding hydrogens is 508 g/mol. The standard InChI is InChI=1S/C27H28F4N2O3S/c1-36-18-5-6-24-20(13-18)19(23(30)14-32-24)4-2-3-16-7-8-33(15-21(16)27(34)35)9-10-37-25-12-17(28)11-22(29)26(25)31/h5-6,11-14,16,21H,2-4,7-10,15H2,1H3,(H,34,35). The van der Waals surface area contributed by atoms with Crippen molar-refractivity contribution < 1.29 is 32.2 Å². The number of hydrogen-bond donors (Lipinski definition) is 1. The molecule has 5 nitrogen and oxygen atoms in total. The molecule has 3 aromatic rings. The molecule has 2 unspecified atom stereocenters. The molecule has 1 fully saturated rings. The monoisotopic (exact) mass is 536 g/mol. The Bertz CT molecular complexity index is 1280. The number of methoxy groups -OCH3 is 1.